The number of imidazole rings is 1. The van der Waals surface area contributed by atoms with Gasteiger partial charge in [0.15, 0.2) is 17.3 Å². The summed E-state index contributed by atoms with van der Waals surface area (Å²) in [4.78, 5) is 49.3. The van der Waals surface area contributed by atoms with Crippen molar-refractivity contribution in [2.45, 2.75) is 50.6 Å². The summed E-state index contributed by atoms with van der Waals surface area (Å²) >= 11 is 0. The number of pyridine rings is 1. The first-order valence-electron chi connectivity index (χ1n) is 13.4. The van der Waals surface area contributed by atoms with Gasteiger partial charge in [0.2, 0.25) is 0 Å². The molecule has 12 heteroatoms. The van der Waals surface area contributed by atoms with E-state index in [4.69, 9.17) is 16.5 Å². The van der Waals surface area contributed by atoms with Crippen molar-refractivity contribution in [3.05, 3.63) is 59.8 Å². The Morgan fingerprint density at radius 3 is 2.50 bits per heavy atom. The molecule has 5 N–H and O–H groups in total. The third-order valence-corrected chi connectivity index (χ3v) is 8.26. The molecule has 0 aromatic carbocycles. The number of rotatable bonds is 5. The van der Waals surface area contributed by atoms with Crippen molar-refractivity contribution in [1.82, 2.24) is 34.4 Å². The fourth-order valence-electron chi connectivity index (χ4n) is 6.46. The molecule has 2 saturated heterocycles. The topological polar surface area (TPSA) is 174 Å². The first kappa shape index (κ1) is 24.2. The van der Waals surface area contributed by atoms with E-state index in [-0.39, 0.29) is 35.5 Å². The minimum atomic E-state index is -0.155. The van der Waals surface area contributed by atoms with Gasteiger partial charge in [-0.2, -0.15) is 9.61 Å². The molecule has 7 rings (SSSR count). The molecule has 1 amide bonds. The zero-order valence-corrected chi connectivity index (χ0v) is 21.9. The highest BCUT2D eigenvalue weighted by atomic mass is 16.2. The van der Waals surface area contributed by atoms with Gasteiger partial charge in [-0.15, -0.1) is 0 Å². The molecule has 40 heavy (non-hydrogen) atoms. The van der Waals surface area contributed by atoms with Crippen LogP contribution in [0.5, 0.6) is 0 Å². The average molecular weight is 537 g/mol. The highest BCUT2D eigenvalue weighted by Crippen LogP contribution is 2.45. The van der Waals surface area contributed by atoms with Crippen LogP contribution >= 0.6 is 0 Å². The Kier molecular flexibility index (Phi) is 5.51. The van der Waals surface area contributed by atoms with E-state index in [9.17, 15) is 9.59 Å². The van der Waals surface area contributed by atoms with Crippen LogP contribution in [-0.2, 0) is 4.79 Å². The molecule has 4 aromatic heterocycles. The van der Waals surface area contributed by atoms with Crippen molar-refractivity contribution in [3.8, 4) is 22.6 Å². The second-order valence-corrected chi connectivity index (χ2v) is 10.7. The van der Waals surface area contributed by atoms with Gasteiger partial charge in [-0.25, -0.2) is 9.97 Å². The quantitative estimate of drug-likeness (QED) is 0.326. The number of fused-ring (bicyclic) bond motifs is 3. The van der Waals surface area contributed by atoms with Crippen molar-refractivity contribution in [1.29, 1.82) is 0 Å². The highest BCUT2D eigenvalue weighted by Gasteiger charge is 2.45. The molecule has 12 nitrogen and oxygen atoms in total. The van der Waals surface area contributed by atoms with Gasteiger partial charge in [-0.1, -0.05) is 6.07 Å². The number of nitrogen functional groups attached to an aromatic ring is 1. The van der Waals surface area contributed by atoms with Gasteiger partial charge >= 0.3 is 0 Å². The number of Topliss-reactive ketones (excluding diaryl/α,β-unsaturated/α-hetero) is 1. The van der Waals surface area contributed by atoms with E-state index < -0.39 is 0 Å². The van der Waals surface area contributed by atoms with E-state index in [0.29, 0.717) is 53.5 Å². The number of ketones is 1. The van der Waals surface area contributed by atoms with Crippen LogP contribution in [0.3, 0.4) is 0 Å². The Morgan fingerprint density at radius 1 is 1.07 bits per heavy atom. The van der Waals surface area contributed by atoms with Gasteiger partial charge in [-0.05, 0) is 44.7 Å². The van der Waals surface area contributed by atoms with E-state index in [1.807, 2.05) is 17.0 Å². The predicted molar refractivity (Wildman–Crippen MR) is 148 cm³/mol. The van der Waals surface area contributed by atoms with E-state index in [2.05, 4.69) is 25.0 Å². The number of nitrogens with one attached hydrogen (secondary N) is 1. The number of aliphatic imine (C=N–C) groups is 1. The van der Waals surface area contributed by atoms with Crippen molar-refractivity contribution < 1.29 is 9.59 Å². The monoisotopic (exact) mass is 536 g/mol. The molecule has 1 unspecified atom stereocenters. The average Bonchev–Trinajstić information content (AvgIpc) is 3.75. The lowest BCUT2D eigenvalue weighted by Crippen LogP contribution is -2.47. The molecule has 0 radical (unpaired) electrons. The number of hydrogen-bond donors (Lipinski definition) is 3. The second kappa shape index (κ2) is 9.11. The molecule has 3 aliphatic heterocycles. The van der Waals surface area contributed by atoms with Gasteiger partial charge in [-0.3, -0.25) is 19.6 Å². The van der Waals surface area contributed by atoms with Gasteiger partial charge in [0, 0.05) is 53.3 Å². The Labute approximate surface area is 229 Å². The number of nitrogens with two attached hydrogens (primary N) is 2. The first-order chi connectivity index (χ1) is 19.4. The van der Waals surface area contributed by atoms with E-state index in [1.165, 1.54) is 11.4 Å². The number of H-pyrrole nitrogens is 1. The smallest absolute Gasteiger partial charge is 0.252 e. The van der Waals surface area contributed by atoms with Crippen LogP contribution in [0.4, 0.5) is 5.82 Å². The molecule has 202 valence electrons. The van der Waals surface area contributed by atoms with Crippen LogP contribution in [0.1, 0.15) is 54.6 Å². The number of aromatic amines is 1. The largest absolute Gasteiger partial charge is 0.384 e. The van der Waals surface area contributed by atoms with Gasteiger partial charge in [0.25, 0.3) is 5.91 Å². The SMILES string of the molecule is CC(=O)c1c(C2C[C@H]3CC[C@@H](C2)N3C(=O)C2=CC(N)=NC2)nc2c(-c3ccc(-c4ncc[nH]4)nc3)cnn2c1N. The summed E-state index contributed by atoms with van der Waals surface area (Å²) in [5, 5.41) is 4.47. The van der Waals surface area contributed by atoms with Gasteiger partial charge < -0.3 is 21.4 Å². The number of carbonyl (C=O) groups is 2. The molecule has 0 saturated carbocycles. The fraction of sp³-hybridized carbons (Fsp3) is 0.321. The minimum Gasteiger partial charge on any atom is -0.384 e. The van der Waals surface area contributed by atoms with E-state index in [1.54, 1.807) is 30.9 Å². The van der Waals surface area contributed by atoms with Crippen LogP contribution < -0.4 is 11.5 Å². The van der Waals surface area contributed by atoms with Crippen LogP contribution in [0.25, 0.3) is 28.3 Å². The van der Waals surface area contributed by atoms with Crippen LogP contribution in [0, 0.1) is 0 Å². The zero-order valence-electron chi connectivity index (χ0n) is 21.9. The maximum atomic E-state index is 13.3. The maximum Gasteiger partial charge on any atom is 0.252 e. The van der Waals surface area contributed by atoms with Crippen LogP contribution in [0.2, 0.25) is 0 Å². The summed E-state index contributed by atoms with van der Waals surface area (Å²) in [7, 11) is 0. The van der Waals surface area contributed by atoms with Crippen molar-refractivity contribution in [3.63, 3.8) is 0 Å². The summed E-state index contributed by atoms with van der Waals surface area (Å²) in [5.41, 5.74) is 17.0. The number of hydrogen-bond acceptors (Lipinski definition) is 9. The van der Waals surface area contributed by atoms with Gasteiger partial charge in [0.05, 0.1) is 24.0 Å². The summed E-state index contributed by atoms with van der Waals surface area (Å²) in [5.74, 6) is 1.18. The molecule has 0 aliphatic carbocycles. The highest BCUT2D eigenvalue weighted by molar-refractivity contribution is 6.06. The standard InChI is InChI=1S/C28H28N10O2/c1-14(39)23-24(16-8-18-3-4-19(9-16)37(18)28(40)17-10-22(29)34-12-17)36-27-20(13-35-38(27)25(23)30)15-2-5-21(33-11-15)26-31-6-7-32-26/h2,5-7,10-11,13,16,18-19H,3-4,8-9,12,30H2,1H3,(H2,29,34)(H,31,32)/t16?,18-,19+. The molecule has 7 heterocycles. The Bertz CT molecular complexity index is 1700. The molecular formula is C28H28N10O2. The summed E-state index contributed by atoms with van der Waals surface area (Å²) in [6.45, 7) is 1.84. The van der Waals surface area contributed by atoms with Crippen molar-refractivity contribution >= 4 is 29.0 Å². The van der Waals surface area contributed by atoms with Crippen LogP contribution in [-0.4, -0.2) is 70.6 Å². The molecule has 4 aromatic rings. The summed E-state index contributed by atoms with van der Waals surface area (Å²) < 4.78 is 1.53. The fourth-order valence-corrected chi connectivity index (χ4v) is 6.46. The molecule has 2 bridgehead atoms. The minimum absolute atomic E-state index is 0.00781. The number of amidine groups is 1. The second-order valence-electron chi connectivity index (χ2n) is 10.7. The number of carbonyl (C=O) groups excluding carboxylic acids is 2. The number of anilines is 1. The van der Waals surface area contributed by atoms with Gasteiger partial charge in [0.1, 0.15) is 17.3 Å². The maximum absolute atomic E-state index is 13.3. The normalized spacial score (nSPS) is 22.0. The first-order valence-corrected chi connectivity index (χ1v) is 13.4. The lowest BCUT2D eigenvalue weighted by molar-refractivity contribution is -0.131. The van der Waals surface area contributed by atoms with E-state index in [0.717, 1.165) is 29.7 Å². The van der Waals surface area contributed by atoms with E-state index >= 15 is 0 Å². The molecular weight excluding hydrogens is 508 g/mol. The van der Waals surface area contributed by atoms with Crippen molar-refractivity contribution in [2.75, 3.05) is 12.3 Å². The summed E-state index contributed by atoms with van der Waals surface area (Å²) in [6, 6.07) is 3.94. The zero-order chi connectivity index (χ0) is 27.5. The molecule has 3 atom stereocenters. The summed E-state index contributed by atoms with van der Waals surface area (Å²) in [6.07, 6.45) is 11.8. The molecule has 2 fully saturated rings. The lowest BCUT2D eigenvalue weighted by Gasteiger charge is -2.39. The number of nitrogens with zero attached hydrogens (tertiary/aromatic N) is 7. The third-order valence-electron chi connectivity index (χ3n) is 8.26. The molecule has 0 spiro atoms. The Balaban J connectivity index is 1.25. The number of aromatic nitrogens is 6. The number of piperidine rings is 1. The van der Waals surface area contributed by atoms with Crippen LogP contribution in [0.15, 0.2) is 53.6 Å². The Morgan fingerprint density at radius 2 is 1.88 bits per heavy atom. The predicted octanol–water partition coefficient (Wildman–Crippen LogP) is 2.50. The molecule has 3 aliphatic rings. The number of amides is 1. The lowest BCUT2D eigenvalue weighted by atomic mass is 9.85. The Hall–Kier alpha value is -4.87. The van der Waals surface area contributed by atoms with Crippen molar-refractivity contribution in [2.24, 2.45) is 10.7 Å². The third kappa shape index (κ3) is 3.78.